The molecule has 0 saturated heterocycles. The Hall–Kier alpha value is -0.870. The van der Waals surface area contributed by atoms with Gasteiger partial charge in [0.05, 0.1) is 18.8 Å². The molecule has 0 aromatic heterocycles. The first kappa shape index (κ1) is 41.1. The Kier molecular flexibility index (Phi) is 33.9. The van der Waals surface area contributed by atoms with Gasteiger partial charge in [0.25, 0.3) is 0 Å². The number of carbonyl (C=O) groups is 1. The lowest BCUT2D eigenvalue weighted by Crippen LogP contribution is -2.45. The summed E-state index contributed by atoms with van der Waals surface area (Å²) in [5.41, 5.74) is 0. The van der Waals surface area contributed by atoms with Gasteiger partial charge in [-0.15, -0.1) is 0 Å². The fourth-order valence-corrected chi connectivity index (χ4v) is 5.82. The largest absolute Gasteiger partial charge is 0.394 e. The van der Waals surface area contributed by atoms with E-state index in [4.69, 9.17) is 0 Å². The van der Waals surface area contributed by atoms with Crippen molar-refractivity contribution in [1.29, 1.82) is 0 Å². The molecule has 0 bridgehead atoms. The summed E-state index contributed by atoms with van der Waals surface area (Å²) < 4.78 is 0. The Balaban J connectivity index is 3.56. The van der Waals surface area contributed by atoms with Crippen molar-refractivity contribution in [2.24, 2.45) is 0 Å². The number of rotatable bonds is 34. The summed E-state index contributed by atoms with van der Waals surface area (Å²) >= 11 is 0. The average molecular weight is 594 g/mol. The number of hydrogen-bond acceptors (Lipinski definition) is 3. The summed E-state index contributed by atoms with van der Waals surface area (Å²) in [5, 5.41) is 23.0. The van der Waals surface area contributed by atoms with Crippen molar-refractivity contribution in [2.45, 2.75) is 219 Å². The Bertz CT molecular complexity index is 565. The molecule has 4 nitrogen and oxygen atoms in total. The van der Waals surface area contributed by atoms with Crippen LogP contribution in [-0.2, 0) is 4.79 Å². The predicted octanol–water partition coefficient (Wildman–Crippen LogP) is 11.1. The monoisotopic (exact) mass is 594 g/mol. The average Bonchev–Trinajstić information content (AvgIpc) is 2.99. The maximum atomic E-state index is 12.3. The summed E-state index contributed by atoms with van der Waals surface area (Å²) in [7, 11) is 0. The quantitative estimate of drug-likeness (QED) is 0.0513. The lowest BCUT2D eigenvalue weighted by atomic mass is 10.0. The molecule has 2 atom stereocenters. The molecule has 2 unspecified atom stereocenters. The highest BCUT2D eigenvalue weighted by molar-refractivity contribution is 5.76. The molecule has 0 heterocycles. The van der Waals surface area contributed by atoms with E-state index in [0.29, 0.717) is 12.8 Å². The minimum Gasteiger partial charge on any atom is -0.394 e. The predicted molar refractivity (Wildman–Crippen MR) is 184 cm³/mol. The van der Waals surface area contributed by atoms with Gasteiger partial charge in [-0.1, -0.05) is 174 Å². The van der Waals surface area contributed by atoms with E-state index in [2.05, 4.69) is 31.3 Å². The van der Waals surface area contributed by atoms with Gasteiger partial charge in [0.15, 0.2) is 0 Å². The normalized spacial score (nSPS) is 13.1. The SMILES string of the molecule is CCCCCCCC/C=C\CCCCCCCC(=O)NC(CO)C(O)CCCCCCCCCCCCCCCCC. The molecule has 0 aromatic rings. The maximum absolute atomic E-state index is 12.3. The maximum Gasteiger partial charge on any atom is 0.220 e. The van der Waals surface area contributed by atoms with Crippen LogP contribution < -0.4 is 5.32 Å². The van der Waals surface area contributed by atoms with Crippen LogP contribution in [0.25, 0.3) is 0 Å². The van der Waals surface area contributed by atoms with Crippen LogP contribution in [0.4, 0.5) is 0 Å². The van der Waals surface area contributed by atoms with Crippen molar-refractivity contribution >= 4 is 5.91 Å². The van der Waals surface area contributed by atoms with Gasteiger partial charge in [-0.3, -0.25) is 4.79 Å². The van der Waals surface area contributed by atoms with Gasteiger partial charge in [0.1, 0.15) is 0 Å². The number of aliphatic hydroxyl groups is 2. The highest BCUT2D eigenvalue weighted by Crippen LogP contribution is 2.15. The smallest absolute Gasteiger partial charge is 0.220 e. The lowest BCUT2D eigenvalue weighted by Gasteiger charge is -2.22. The standard InChI is InChI=1S/C38H75NO3/c1-3-5-7-9-11-13-15-17-19-21-23-25-27-29-31-33-37(41)36(35-40)39-38(42)34-32-30-28-26-24-22-20-18-16-14-12-10-8-6-4-2/h18,20,36-37,40-41H,3-17,19,21-35H2,1-2H3,(H,39,42)/b20-18-. The topological polar surface area (TPSA) is 69.6 Å². The van der Waals surface area contributed by atoms with Crippen molar-refractivity contribution in [3.05, 3.63) is 12.2 Å². The van der Waals surface area contributed by atoms with Gasteiger partial charge in [0, 0.05) is 6.42 Å². The second-order valence-electron chi connectivity index (χ2n) is 13.0. The van der Waals surface area contributed by atoms with Gasteiger partial charge in [-0.2, -0.15) is 0 Å². The van der Waals surface area contributed by atoms with Crippen LogP contribution in [0, 0.1) is 0 Å². The molecule has 0 aliphatic carbocycles. The molecule has 0 fully saturated rings. The second kappa shape index (κ2) is 34.6. The number of carbonyl (C=O) groups excluding carboxylic acids is 1. The van der Waals surface area contributed by atoms with Crippen LogP contribution in [0.3, 0.4) is 0 Å². The van der Waals surface area contributed by atoms with Crippen molar-refractivity contribution in [1.82, 2.24) is 5.32 Å². The molecule has 42 heavy (non-hydrogen) atoms. The first-order valence-electron chi connectivity index (χ1n) is 18.9. The third kappa shape index (κ3) is 30.6. The fourth-order valence-electron chi connectivity index (χ4n) is 5.82. The van der Waals surface area contributed by atoms with E-state index in [-0.39, 0.29) is 12.5 Å². The Morgan fingerprint density at radius 2 is 0.905 bits per heavy atom. The summed E-state index contributed by atoms with van der Waals surface area (Å²) in [5.74, 6) is -0.0396. The molecule has 0 saturated carbocycles. The molecule has 0 radical (unpaired) electrons. The van der Waals surface area contributed by atoms with E-state index in [0.717, 1.165) is 25.7 Å². The zero-order valence-electron chi connectivity index (χ0n) is 28.5. The van der Waals surface area contributed by atoms with Gasteiger partial charge >= 0.3 is 0 Å². The van der Waals surface area contributed by atoms with Gasteiger partial charge in [-0.25, -0.2) is 0 Å². The zero-order chi connectivity index (χ0) is 30.8. The highest BCUT2D eigenvalue weighted by Gasteiger charge is 2.19. The van der Waals surface area contributed by atoms with Crippen LogP contribution in [-0.4, -0.2) is 34.9 Å². The van der Waals surface area contributed by atoms with E-state index in [9.17, 15) is 15.0 Å². The number of allylic oxidation sites excluding steroid dienone is 2. The zero-order valence-corrected chi connectivity index (χ0v) is 28.5. The van der Waals surface area contributed by atoms with Crippen LogP contribution in [0.2, 0.25) is 0 Å². The molecule has 1 amide bonds. The van der Waals surface area contributed by atoms with E-state index in [1.165, 1.54) is 154 Å². The molecule has 0 aliphatic heterocycles. The fraction of sp³-hybridized carbons (Fsp3) is 0.921. The first-order chi connectivity index (χ1) is 20.7. The Labute approximate surface area is 263 Å². The molecule has 4 heteroatoms. The number of unbranched alkanes of at least 4 members (excludes halogenated alkanes) is 25. The summed E-state index contributed by atoms with van der Waals surface area (Å²) in [6, 6.07) is -0.535. The molecule has 0 aliphatic rings. The van der Waals surface area contributed by atoms with Crippen LogP contribution in [0.15, 0.2) is 12.2 Å². The van der Waals surface area contributed by atoms with Gasteiger partial charge in [0.2, 0.25) is 5.91 Å². The molecular formula is C38H75NO3. The van der Waals surface area contributed by atoms with E-state index >= 15 is 0 Å². The molecular weight excluding hydrogens is 518 g/mol. The molecule has 0 aromatic carbocycles. The van der Waals surface area contributed by atoms with Crippen LogP contribution >= 0.6 is 0 Å². The summed E-state index contributed by atoms with van der Waals surface area (Å²) in [4.78, 5) is 12.3. The minimum absolute atomic E-state index is 0.0396. The second-order valence-corrected chi connectivity index (χ2v) is 13.0. The minimum atomic E-state index is -0.657. The van der Waals surface area contributed by atoms with Crippen molar-refractivity contribution in [3.63, 3.8) is 0 Å². The summed E-state index contributed by atoms with van der Waals surface area (Å²) in [6.45, 7) is 4.35. The Morgan fingerprint density at radius 3 is 1.31 bits per heavy atom. The Morgan fingerprint density at radius 1 is 0.548 bits per heavy atom. The van der Waals surface area contributed by atoms with Crippen molar-refractivity contribution in [2.75, 3.05) is 6.61 Å². The van der Waals surface area contributed by atoms with Crippen molar-refractivity contribution in [3.8, 4) is 0 Å². The van der Waals surface area contributed by atoms with Gasteiger partial charge in [-0.05, 0) is 38.5 Å². The van der Waals surface area contributed by atoms with Crippen molar-refractivity contribution < 1.29 is 15.0 Å². The number of hydrogen-bond donors (Lipinski definition) is 3. The van der Waals surface area contributed by atoms with Crippen LogP contribution in [0.5, 0.6) is 0 Å². The third-order valence-electron chi connectivity index (χ3n) is 8.78. The summed E-state index contributed by atoms with van der Waals surface area (Å²) in [6.07, 6.45) is 41.2. The van der Waals surface area contributed by atoms with E-state index in [1.807, 2.05) is 0 Å². The lowest BCUT2D eigenvalue weighted by molar-refractivity contribution is -0.123. The number of amides is 1. The first-order valence-corrected chi connectivity index (χ1v) is 18.9. The van der Waals surface area contributed by atoms with E-state index in [1.54, 1.807) is 0 Å². The third-order valence-corrected chi connectivity index (χ3v) is 8.78. The number of nitrogens with one attached hydrogen (secondary N) is 1. The van der Waals surface area contributed by atoms with Gasteiger partial charge < -0.3 is 15.5 Å². The molecule has 0 spiro atoms. The molecule has 250 valence electrons. The highest BCUT2D eigenvalue weighted by atomic mass is 16.3. The van der Waals surface area contributed by atoms with E-state index < -0.39 is 12.1 Å². The number of aliphatic hydroxyl groups excluding tert-OH is 2. The molecule has 0 rings (SSSR count). The molecule has 3 N–H and O–H groups in total. The van der Waals surface area contributed by atoms with Crippen LogP contribution in [0.1, 0.15) is 206 Å².